The van der Waals surface area contributed by atoms with Crippen LogP contribution in [0.5, 0.6) is 5.75 Å². The molecule has 0 radical (unpaired) electrons. The molecule has 1 N–H and O–H groups in total. The monoisotopic (exact) mass is 287 g/mol. The average molecular weight is 287 g/mol. The lowest BCUT2D eigenvalue weighted by atomic mass is 9.97. The third-order valence-corrected chi connectivity index (χ3v) is 3.43. The highest BCUT2D eigenvalue weighted by Gasteiger charge is 2.11. The van der Waals surface area contributed by atoms with E-state index in [0.29, 0.717) is 18.2 Å². The van der Waals surface area contributed by atoms with Crippen LogP contribution >= 0.6 is 0 Å². The van der Waals surface area contributed by atoms with Gasteiger partial charge in [-0.25, -0.2) is 4.39 Å². The molecule has 0 spiro atoms. The summed E-state index contributed by atoms with van der Waals surface area (Å²) in [6.07, 6.45) is 0. The Morgan fingerprint density at radius 2 is 1.86 bits per heavy atom. The quantitative estimate of drug-likeness (QED) is 0.885. The van der Waals surface area contributed by atoms with Gasteiger partial charge in [0, 0.05) is 18.2 Å². The van der Waals surface area contributed by atoms with Crippen molar-refractivity contribution in [3.8, 4) is 16.9 Å². The molecule has 0 aliphatic heterocycles. The average Bonchev–Trinajstić information content (AvgIpc) is 2.47. The highest BCUT2D eigenvalue weighted by Crippen LogP contribution is 2.30. The molecule has 0 aromatic heterocycles. The lowest BCUT2D eigenvalue weighted by Gasteiger charge is -2.15. The molecule has 2 aromatic carbocycles. The van der Waals surface area contributed by atoms with E-state index in [1.807, 2.05) is 31.2 Å². The van der Waals surface area contributed by atoms with E-state index in [-0.39, 0.29) is 5.82 Å². The van der Waals surface area contributed by atoms with E-state index in [1.165, 1.54) is 6.07 Å². The second-order valence-electron chi connectivity index (χ2n) is 5.54. The van der Waals surface area contributed by atoms with Crippen LogP contribution in [0.15, 0.2) is 36.4 Å². The van der Waals surface area contributed by atoms with Gasteiger partial charge in [-0.2, -0.15) is 0 Å². The first-order valence-electron chi connectivity index (χ1n) is 7.18. The number of halogens is 1. The van der Waals surface area contributed by atoms with Crippen molar-refractivity contribution in [3.63, 3.8) is 0 Å². The molecule has 0 saturated carbocycles. The lowest BCUT2D eigenvalue weighted by molar-refractivity contribution is 0.414. The zero-order chi connectivity index (χ0) is 15.4. The molecule has 0 heterocycles. The number of hydrogen-bond donors (Lipinski definition) is 1. The minimum atomic E-state index is -0.198. The first kappa shape index (κ1) is 15.5. The fourth-order valence-corrected chi connectivity index (χ4v) is 2.27. The molecule has 112 valence electrons. The fraction of sp³-hybridized carbons (Fsp3) is 0.333. The molecular formula is C18H22FNO. The Bertz CT molecular complexity index is 623. The summed E-state index contributed by atoms with van der Waals surface area (Å²) in [7, 11) is 1.64. The molecule has 0 bridgehead atoms. The number of aryl methyl sites for hydroxylation is 1. The second-order valence-corrected chi connectivity index (χ2v) is 5.54. The van der Waals surface area contributed by atoms with Gasteiger partial charge in [0.25, 0.3) is 0 Å². The Labute approximate surface area is 126 Å². The third-order valence-electron chi connectivity index (χ3n) is 3.43. The summed E-state index contributed by atoms with van der Waals surface area (Å²) in [6, 6.07) is 11.3. The first-order chi connectivity index (χ1) is 10.0. The Balaban J connectivity index is 2.48. The first-order valence-corrected chi connectivity index (χ1v) is 7.18. The van der Waals surface area contributed by atoms with Gasteiger partial charge in [-0.15, -0.1) is 0 Å². The number of ether oxygens (including phenoxy) is 1. The van der Waals surface area contributed by atoms with Gasteiger partial charge in [0.15, 0.2) is 0 Å². The predicted molar refractivity (Wildman–Crippen MR) is 85.1 cm³/mol. The van der Waals surface area contributed by atoms with Crippen LogP contribution in [0.25, 0.3) is 11.1 Å². The minimum Gasteiger partial charge on any atom is -0.497 e. The maximum atomic E-state index is 14.2. The van der Waals surface area contributed by atoms with E-state index >= 15 is 0 Å². The summed E-state index contributed by atoms with van der Waals surface area (Å²) in [4.78, 5) is 0. The molecule has 2 rings (SSSR count). The van der Waals surface area contributed by atoms with E-state index in [2.05, 4.69) is 19.2 Å². The van der Waals surface area contributed by atoms with E-state index < -0.39 is 0 Å². The summed E-state index contributed by atoms with van der Waals surface area (Å²) < 4.78 is 19.4. The van der Waals surface area contributed by atoms with Crippen molar-refractivity contribution in [2.45, 2.75) is 33.4 Å². The van der Waals surface area contributed by atoms with Gasteiger partial charge >= 0.3 is 0 Å². The Morgan fingerprint density at radius 1 is 1.10 bits per heavy atom. The maximum absolute atomic E-state index is 14.2. The van der Waals surface area contributed by atoms with E-state index in [1.54, 1.807) is 13.2 Å². The Hall–Kier alpha value is -1.87. The normalized spacial score (nSPS) is 11.0. The molecule has 2 nitrogen and oxygen atoms in total. The SMILES string of the molecule is COc1ccc(-c2cc(C)ccc2F)c(CNC(C)C)c1. The highest BCUT2D eigenvalue weighted by atomic mass is 19.1. The minimum absolute atomic E-state index is 0.198. The summed E-state index contributed by atoms with van der Waals surface area (Å²) >= 11 is 0. The number of methoxy groups -OCH3 is 1. The molecule has 3 heteroatoms. The molecule has 0 aliphatic rings. The van der Waals surface area contributed by atoms with E-state index in [4.69, 9.17) is 4.74 Å². The van der Waals surface area contributed by atoms with Crippen molar-refractivity contribution in [3.05, 3.63) is 53.3 Å². The van der Waals surface area contributed by atoms with Gasteiger partial charge in [0.05, 0.1) is 7.11 Å². The molecule has 2 aromatic rings. The van der Waals surface area contributed by atoms with Gasteiger partial charge in [-0.3, -0.25) is 0 Å². The van der Waals surface area contributed by atoms with Crippen molar-refractivity contribution in [1.29, 1.82) is 0 Å². The largest absolute Gasteiger partial charge is 0.497 e. The van der Waals surface area contributed by atoms with Crippen LogP contribution in [0.3, 0.4) is 0 Å². The summed E-state index contributed by atoms with van der Waals surface area (Å²) in [5, 5.41) is 3.38. The molecule has 0 fully saturated rings. The smallest absolute Gasteiger partial charge is 0.131 e. The molecule has 21 heavy (non-hydrogen) atoms. The fourth-order valence-electron chi connectivity index (χ4n) is 2.27. The second kappa shape index (κ2) is 6.72. The van der Waals surface area contributed by atoms with Gasteiger partial charge in [0.2, 0.25) is 0 Å². The molecule has 0 saturated heterocycles. The van der Waals surface area contributed by atoms with Crippen molar-refractivity contribution in [2.75, 3.05) is 7.11 Å². The van der Waals surface area contributed by atoms with Crippen LogP contribution in [0.1, 0.15) is 25.0 Å². The lowest BCUT2D eigenvalue weighted by Crippen LogP contribution is -2.22. The summed E-state index contributed by atoms with van der Waals surface area (Å²) in [5.74, 6) is 0.587. The zero-order valence-corrected chi connectivity index (χ0v) is 13.0. The third kappa shape index (κ3) is 3.82. The van der Waals surface area contributed by atoms with E-state index in [9.17, 15) is 4.39 Å². The van der Waals surface area contributed by atoms with Crippen molar-refractivity contribution in [1.82, 2.24) is 5.32 Å². The molecule has 0 aliphatic carbocycles. The Morgan fingerprint density at radius 3 is 2.52 bits per heavy atom. The van der Waals surface area contributed by atoms with Gasteiger partial charge in [0.1, 0.15) is 11.6 Å². The van der Waals surface area contributed by atoms with Crippen molar-refractivity contribution >= 4 is 0 Å². The number of nitrogens with one attached hydrogen (secondary N) is 1. The number of benzene rings is 2. The van der Waals surface area contributed by atoms with Crippen molar-refractivity contribution < 1.29 is 9.13 Å². The van der Waals surface area contributed by atoms with Crippen LogP contribution in [0.2, 0.25) is 0 Å². The highest BCUT2D eigenvalue weighted by molar-refractivity contribution is 5.69. The van der Waals surface area contributed by atoms with Crippen molar-refractivity contribution in [2.24, 2.45) is 0 Å². The molecule has 0 unspecified atom stereocenters. The van der Waals surface area contributed by atoms with Crippen LogP contribution in [-0.2, 0) is 6.54 Å². The zero-order valence-electron chi connectivity index (χ0n) is 13.0. The Kier molecular flexibility index (Phi) is 4.97. The summed E-state index contributed by atoms with van der Waals surface area (Å²) in [5.41, 5.74) is 3.63. The molecule has 0 amide bonds. The maximum Gasteiger partial charge on any atom is 0.131 e. The van der Waals surface area contributed by atoms with Crippen LogP contribution < -0.4 is 10.1 Å². The standard InChI is InChI=1S/C18H22FNO/c1-12(2)20-11-14-10-15(21-4)6-7-16(14)17-9-13(3)5-8-18(17)19/h5-10,12,20H,11H2,1-4H3. The van der Waals surface area contributed by atoms with Crippen LogP contribution in [-0.4, -0.2) is 13.2 Å². The van der Waals surface area contributed by atoms with Gasteiger partial charge in [-0.05, 0) is 42.3 Å². The van der Waals surface area contributed by atoms with Crippen LogP contribution in [0.4, 0.5) is 4.39 Å². The molecule has 0 atom stereocenters. The summed E-state index contributed by atoms with van der Waals surface area (Å²) in [6.45, 7) is 6.83. The van der Waals surface area contributed by atoms with Gasteiger partial charge in [-0.1, -0.05) is 31.5 Å². The molecular weight excluding hydrogens is 265 g/mol. The van der Waals surface area contributed by atoms with Crippen LogP contribution in [0, 0.1) is 12.7 Å². The predicted octanol–water partition coefficient (Wildman–Crippen LogP) is 4.31. The van der Waals surface area contributed by atoms with E-state index in [0.717, 1.165) is 22.4 Å². The number of rotatable bonds is 5. The topological polar surface area (TPSA) is 21.3 Å². The number of hydrogen-bond acceptors (Lipinski definition) is 2. The van der Waals surface area contributed by atoms with Gasteiger partial charge < -0.3 is 10.1 Å².